The Balaban J connectivity index is 1.50. The van der Waals surface area contributed by atoms with Crippen molar-refractivity contribution in [3.05, 3.63) is 75.8 Å². The molecule has 4 rings (SSSR count). The first kappa shape index (κ1) is 20.7. The molecule has 30 heavy (non-hydrogen) atoms. The highest BCUT2D eigenvalue weighted by Crippen LogP contribution is 2.37. The minimum atomic E-state index is -0.420. The minimum absolute atomic E-state index is 0.0809. The Hall–Kier alpha value is -2.55. The number of hydrogen-bond acceptors (Lipinski definition) is 6. The number of thiophene rings is 1. The molecule has 5 nitrogen and oxygen atoms in total. The Labute approximate surface area is 190 Å². The quantitative estimate of drug-likeness (QED) is 0.292. The number of fused-ring (bicyclic) bond motifs is 1. The average Bonchev–Trinajstić information content (AvgIpc) is 3.18. The van der Waals surface area contributed by atoms with Crippen LogP contribution in [-0.4, -0.2) is 27.5 Å². The molecule has 4 aromatic rings. The van der Waals surface area contributed by atoms with Crippen LogP contribution in [0.25, 0.3) is 21.3 Å². The molecule has 8 heteroatoms. The molecule has 2 aromatic carbocycles. The van der Waals surface area contributed by atoms with E-state index in [4.69, 9.17) is 0 Å². The smallest absolute Gasteiger partial charge is 0.257 e. The van der Waals surface area contributed by atoms with Crippen LogP contribution in [0.1, 0.15) is 15.9 Å². The van der Waals surface area contributed by atoms with Gasteiger partial charge in [-0.25, -0.2) is 9.97 Å². The van der Waals surface area contributed by atoms with Gasteiger partial charge >= 0.3 is 0 Å². The normalized spacial score (nSPS) is 10.9. The molecular weight excluding hydrogens is 482 g/mol. The van der Waals surface area contributed by atoms with Crippen LogP contribution >= 0.6 is 39.0 Å². The van der Waals surface area contributed by atoms with Gasteiger partial charge in [0.2, 0.25) is 5.91 Å². The molecule has 150 valence electrons. The third-order valence-electron chi connectivity index (χ3n) is 4.40. The highest BCUT2D eigenvalue weighted by Gasteiger charge is 2.16. The van der Waals surface area contributed by atoms with Gasteiger partial charge in [0.05, 0.1) is 11.1 Å². The van der Waals surface area contributed by atoms with Crippen molar-refractivity contribution < 1.29 is 9.59 Å². The standard InChI is InChI=1S/C22H16BrN3O2S2/c1-13-2-4-14(5-3-13)17-10-29-21-19(17)22(25-12-24-21)30-11-18(27)26-20(28)15-6-8-16(23)9-7-15/h2-10,12H,11H2,1H3,(H,26,27,28). The van der Waals surface area contributed by atoms with Gasteiger partial charge < -0.3 is 0 Å². The lowest BCUT2D eigenvalue weighted by atomic mass is 10.1. The van der Waals surface area contributed by atoms with E-state index in [1.165, 1.54) is 23.7 Å². The number of hydrogen-bond donors (Lipinski definition) is 1. The first-order valence-corrected chi connectivity index (χ1v) is 11.7. The van der Waals surface area contributed by atoms with E-state index in [0.29, 0.717) is 5.56 Å². The number of halogens is 1. The molecular formula is C22H16BrN3O2S2. The van der Waals surface area contributed by atoms with E-state index >= 15 is 0 Å². The molecule has 1 N–H and O–H groups in total. The maximum Gasteiger partial charge on any atom is 0.257 e. The van der Waals surface area contributed by atoms with Gasteiger partial charge in [-0.3, -0.25) is 14.9 Å². The van der Waals surface area contributed by atoms with Crippen LogP contribution in [0.2, 0.25) is 0 Å². The summed E-state index contributed by atoms with van der Waals surface area (Å²) in [6.45, 7) is 2.05. The molecule has 0 aliphatic heterocycles. The summed E-state index contributed by atoms with van der Waals surface area (Å²) in [7, 11) is 0. The van der Waals surface area contributed by atoms with Crippen molar-refractivity contribution in [2.24, 2.45) is 0 Å². The molecule has 0 radical (unpaired) electrons. The summed E-state index contributed by atoms with van der Waals surface area (Å²) >= 11 is 6.17. The average molecular weight is 498 g/mol. The van der Waals surface area contributed by atoms with E-state index in [2.05, 4.69) is 60.9 Å². The first-order chi connectivity index (χ1) is 14.5. The fraction of sp³-hybridized carbons (Fsp3) is 0.0909. The van der Waals surface area contributed by atoms with Crippen molar-refractivity contribution in [3.63, 3.8) is 0 Å². The van der Waals surface area contributed by atoms with Gasteiger partial charge in [0.1, 0.15) is 16.2 Å². The van der Waals surface area contributed by atoms with Crippen molar-refractivity contribution >= 4 is 61.1 Å². The van der Waals surface area contributed by atoms with E-state index in [0.717, 1.165) is 30.8 Å². The highest BCUT2D eigenvalue weighted by molar-refractivity contribution is 9.10. The van der Waals surface area contributed by atoms with E-state index in [1.807, 2.05) is 6.92 Å². The maximum absolute atomic E-state index is 12.3. The molecule has 0 atom stereocenters. The molecule has 2 aromatic heterocycles. The Morgan fingerprint density at radius 3 is 2.53 bits per heavy atom. The van der Waals surface area contributed by atoms with E-state index in [1.54, 1.807) is 35.6 Å². The van der Waals surface area contributed by atoms with Gasteiger partial charge in [-0.15, -0.1) is 11.3 Å². The molecule has 0 bridgehead atoms. The van der Waals surface area contributed by atoms with Crippen LogP contribution in [0.15, 0.2) is 69.7 Å². The number of thioether (sulfide) groups is 1. The largest absolute Gasteiger partial charge is 0.292 e. The highest BCUT2D eigenvalue weighted by atomic mass is 79.9. The number of rotatable bonds is 5. The van der Waals surface area contributed by atoms with E-state index in [9.17, 15) is 9.59 Å². The summed E-state index contributed by atoms with van der Waals surface area (Å²) in [5.74, 6) is -0.707. The second kappa shape index (κ2) is 9.07. The lowest BCUT2D eigenvalue weighted by molar-refractivity contribution is -0.117. The van der Waals surface area contributed by atoms with Gasteiger partial charge in [-0.05, 0) is 36.8 Å². The molecule has 0 aliphatic rings. The predicted molar refractivity (Wildman–Crippen MR) is 125 cm³/mol. The zero-order valence-electron chi connectivity index (χ0n) is 15.9. The molecule has 0 saturated carbocycles. The second-order valence-corrected chi connectivity index (χ2v) is 9.29. The van der Waals surface area contributed by atoms with Crippen LogP contribution in [0, 0.1) is 6.92 Å². The Morgan fingerprint density at radius 1 is 1.07 bits per heavy atom. The Morgan fingerprint density at radius 2 is 1.80 bits per heavy atom. The van der Waals surface area contributed by atoms with Gasteiger partial charge in [-0.2, -0.15) is 0 Å². The fourth-order valence-electron chi connectivity index (χ4n) is 2.87. The number of aryl methyl sites for hydroxylation is 1. The third kappa shape index (κ3) is 4.61. The lowest BCUT2D eigenvalue weighted by Crippen LogP contribution is -2.31. The van der Waals surface area contributed by atoms with Crippen LogP contribution in [0.4, 0.5) is 0 Å². The molecule has 0 spiro atoms. The van der Waals surface area contributed by atoms with E-state index < -0.39 is 5.91 Å². The number of amides is 2. The summed E-state index contributed by atoms with van der Waals surface area (Å²) in [6, 6.07) is 15.1. The molecule has 2 amide bonds. The number of nitrogens with one attached hydrogen (secondary N) is 1. The van der Waals surface area contributed by atoms with Gasteiger partial charge in [0, 0.05) is 21.0 Å². The number of nitrogens with zero attached hydrogens (tertiary/aromatic N) is 2. The monoisotopic (exact) mass is 497 g/mol. The van der Waals surface area contributed by atoms with Crippen LogP contribution in [0.5, 0.6) is 0 Å². The van der Waals surface area contributed by atoms with Gasteiger partial charge in [0.25, 0.3) is 5.91 Å². The molecule has 0 saturated heterocycles. The molecule has 0 aliphatic carbocycles. The number of imide groups is 1. The molecule has 0 fully saturated rings. The van der Waals surface area contributed by atoms with Gasteiger partial charge in [-0.1, -0.05) is 57.5 Å². The summed E-state index contributed by atoms with van der Waals surface area (Å²) in [5.41, 5.74) is 3.75. The van der Waals surface area contributed by atoms with Crippen molar-refractivity contribution in [3.8, 4) is 11.1 Å². The number of benzene rings is 2. The zero-order chi connectivity index (χ0) is 21.1. The maximum atomic E-state index is 12.3. The molecule has 0 unspecified atom stereocenters. The minimum Gasteiger partial charge on any atom is -0.292 e. The Kier molecular flexibility index (Phi) is 6.26. The molecule has 2 heterocycles. The van der Waals surface area contributed by atoms with E-state index in [-0.39, 0.29) is 11.7 Å². The second-order valence-electron chi connectivity index (χ2n) is 6.55. The van der Waals surface area contributed by atoms with Gasteiger partial charge in [0.15, 0.2) is 0 Å². The zero-order valence-corrected chi connectivity index (χ0v) is 19.1. The number of carbonyl (C=O) groups excluding carboxylic acids is 2. The van der Waals surface area contributed by atoms with Crippen LogP contribution in [0.3, 0.4) is 0 Å². The van der Waals surface area contributed by atoms with Crippen molar-refractivity contribution in [2.45, 2.75) is 11.9 Å². The number of aromatic nitrogens is 2. The SMILES string of the molecule is Cc1ccc(-c2csc3ncnc(SCC(=O)NC(=O)c4ccc(Br)cc4)c23)cc1. The summed E-state index contributed by atoms with van der Waals surface area (Å²) in [6.07, 6.45) is 1.50. The van der Waals surface area contributed by atoms with Crippen molar-refractivity contribution in [2.75, 3.05) is 5.75 Å². The summed E-state index contributed by atoms with van der Waals surface area (Å²) < 4.78 is 0.869. The fourth-order valence-corrected chi connectivity index (χ4v) is 4.93. The lowest BCUT2D eigenvalue weighted by Gasteiger charge is -2.07. The predicted octanol–water partition coefficient (Wildman–Crippen LogP) is 5.48. The Bertz CT molecular complexity index is 1220. The van der Waals surface area contributed by atoms with Crippen LogP contribution < -0.4 is 5.32 Å². The topological polar surface area (TPSA) is 72.0 Å². The third-order valence-corrected chi connectivity index (χ3v) is 6.80. The van der Waals surface area contributed by atoms with Crippen LogP contribution in [-0.2, 0) is 4.79 Å². The summed E-state index contributed by atoms with van der Waals surface area (Å²) in [5, 5.41) is 6.15. The van der Waals surface area contributed by atoms with Crippen molar-refractivity contribution in [1.29, 1.82) is 0 Å². The summed E-state index contributed by atoms with van der Waals surface area (Å²) in [4.78, 5) is 34.2. The first-order valence-electron chi connectivity index (χ1n) is 9.03. The number of carbonyl (C=O) groups is 2. The van der Waals surface area contributed by atoms with Crippen molar-refractivity contribution in [1.82, 2.24) is 15.3 Å².